The summed E-state index contributed by atoms with van der Waals surface area (Å²) in [4.78, 5) is 0. The fourth-order valence-electron chi connectivity index (χ4n) is 2.84. The average Bonchev–Trinajstić information content (AvgIpc) is 2.57. The van der Waals surface area contributed by atoms with Crippen LogP contribution in [0.4, 0.5) is 0 Å². The number of rotatable bonds is 18. The molecule has 0 saturated heterocycles. The van der Waals surface area contributed by atoms with Gasteiger partial charge in [0.1, 0.15) is 0 Å². The monoisotopic (exact) mass is 322 g/mol. The number of aliphatic hydroxyl groups excluding tert-OH is 1. The Morgan fingerprint density at radius 1 is 0.522 bits per heavy atom. The molecule has 0 aromatic carbocycles. The van der Waals surface area contributed by atoms with Crippen LogP contribution < -0.4 is 0 Å². The quantitative estimate of drug-likeness (QED) is 0.206. The molecule has 0 bridgehead atoms. The molecule has 0 aromatic rings. The third-order valence-corrected chi connectivity index (χ3v) is 4.39. The number of unbranched alkanes of at least 4 members (excludes halogenated alkanes) is 14. The predicted octanol–water partition coefficient (Wildman–Crippen LogP) is 7.35. The first-order chi connectivity index (χ1) is 11.4. The van der Waals surface area contributed by atoms with Crippen molar-refractivity contribution < 1.29 is 5.11 Å². The molecule has 0 saturated carbocycles. The van der Waals surface area contributed by atoms with Crippen molar-refractivity contribution in [2.75, 3.05) is 6.61 Å². The van der Waals surface area contributed by atoms with Gasteiger partial charge in [-0.1, -0.05) is 108 Å². The maximum absolute atomic E-state index is 8.66. The largest absolute Gasteiger partial charge is 0.396 e. The van der Waals surface area contributed by atoms with E-state index in [0.717, 1.165) is 12.8 Å². The van der Waals surface area contributed by atoms with E-state index < -0.39 is 0 Å². The Morgan fingerprint density at radius 2 is 0.913 bits per heavy atom. The average molecular weight is 323 g/mol. The van der Waals surface area contributed by atoms with Crippen molar-refractivity contribution in [2.24, 2.45) is 0 Å². The second-order valence-electron chi connectivity index (χ2n) is 6.75. The Kier molecular flexibility index (Phi) is 20.9. The van der Waals surface area contributed by atoms with Gasteiger partial charge in [0, 0.05) is 6.61 Å². The summed E-state index contributed by atoms with van der Waals surface area (Å²) in [6.07, 6.45) is 30.3. The maximum Gasteiger partial charge on any atom is 0.0433 e. The van der Waals surface area contributed by atoms with Gasteiger partial charge in [-0.25, -0.2) is 0 Å². The van der Waals surface area contributed by atoms with Crippen molar-refractivity contribution in [2.45, 2.75) is 110 Å². The summed E-state index contributed by atoms with van der Waals surface area (Å²) >= 11 is 0. The van der Waals surface area contributed by atoms with E-state index in [0.29, 0.717) is 6.61 Å². The second-order valence-corrected chi connectivity index (χ2v) is 6.75. The molecule has 0 aromatic heterocycles. The standard InChI is InChI=1S/C22H42O/c1-2-3-4-5-6-7-8-9-10-11-12-13-14-15-16-17-18-19-20-21-22-23/h16-19,23H,2-15,20-22H2,1H3/b17-16+,19-18+. The van der Waals surface area contributed by atoms with Crippen LogP contribution in [0.2, 0.25) is 0 Å². The van der Waals surface area contributed by atoms with Crippen LogP contribution in [0.25, 0.3) is 0 Å². The molecule has 136 valence electrons. The van der Waals surface area contributed by atoms with Crippen LogP contribution in [0.5, 0.6) is 0 Å². The first-order valence-electron chi connectivity index (χ1n) is 10.3. The molecule has 0 heterocycles. The van der Waals surface area contributed by atoms with Gasteiger partial charge < -0.3 is 5.11 Å². The highest BCUT2D eigenvalue weighted by molar-refractivity contribution is 5.02. The van der Waals surface area contributed by atoms with E-state index in [9.17, 15) is 0 Å². The van der Waals surface area contributed by atoms with E-state index in [1.54, 1.807) is 0 Å². The van der Waals surface area contributed by atoms with Crippen molar-refractivity contribution in [3.8, 4) is 0 Å². The minimum Gasteiger partial charge on any atom is -0.396 e. The van der Waals surface area contributed by atoms with Crippen LogP contribution in [0, 0.1) is 0 Å². The first-order valence-corrected chi connectivity index (χ1v) is 10.3. The highest BCUT2D eigenvalue weighted by Crippen LogP contribution is 2.12. The zero-order valence-corrected chi connectivity index (χ0v) is 15.8. The Morgan fingerprint density at radius 3 is 1.35 bits per heavy atom. The molecule has 0 aliphatic heterocycles. The summed E-state index contributed by atoms with van der Waals surface area (Å²) in [6, 6.07) is 0. The van der Waals surface area contributed by atoms with Crippen molar-refractivity contribution in [1.82, 2.24) is 0 Å². The Hall–Kier alpha value is -0.560. The molecule has 1 nitrogen and oxygen atoms in total. The Bertz CT molecular complexity index is 255. The normalized spacial score (nSPS) is 11.9. The Balaban J connectivity index is 3.07. The molecule has 0 radical (unpaired) electrons. The molecular formula is C22H42O. The fourth-order valence-corrected chi connectivity index (χ4v) is 2.84. The van der Waals surface area contributed by atoms with Gasteiger partial charge in [0.2, 0.25) is 0 Å². The zero-order chi connectivity index (χ0) is 16.8. The lowest BCUT2D eigenvalue weighted by Crippen LogP contribution is -1.82. The summed E-state index contributed by atoms with van der Waals surface area (Å²) < 4.78 is 0. The van der Waals surface area contributed by atoms with Crippen LogP contribution in [-0.4, -0.2) is 11.7 Å². The van der Waals surface area contributed by atoms with Gasteiger partial charge in [-0.15, -0.1) is 0 Å². The molecule has 0 fully saturated rings. The third kappa shape index (κ3) is 21.4. The molecule has 0 spiro atoms. The highest BCUT2D eigenvalue weighted by Gasteiger charge is 1.93. The van der Waals surface area contributed by atoms with E-state index in [1.807, 2.05) is 0 Å². The van der Waals surface area contributed by atoms with Gasteiger partial charge in [0.15, 0.2) is 0 Å². The maximum atomic E-state index is 8.66. The Labute approximate surface area is 146 Å². The van der Waals surface area contributed by atoms with Crippen molar-refractivity contribution in [1.29, 1.82) is 0 Å². The number of allylic oxidation sites excluding steroid dienone is 4. The van der Waals surface area contributed by atoms with Gasteiger partial charge in [-0.3, -0.25) is 0 Å². The summed E-state index contributed by atoms with van der Waals surface area (Å²) in [5.74, 6) is 0. The highest BCUT2D eigenvalue weighted by atomic mass is 16.2. The van der Waals surface area contributed by atoms with E-state index in [-0.39, 0.29) is 0 Å². The van der Waals surface area contributed by atoms with Crippen LogP contribution in [0.15, 0.2) is 24.3 Å². The van der Waals surface area contributed by atoms with Gasteiger partial charge in [0.25, 0.3) is 0 Å². The predicted molar refractivity (Wildman–Crippen MR) is 105 cm³/mol. The fraction of sp³-hybridized carbons (Fsp3) is 0.818. The molecule has 0 aliphatic carbocycles. The van der Waals surface area contributed by atoms with Crippen LogP contribution in [-0.2, 0) is 0 Å². The summed E-state index contributed by atoms with van der Waals surface area (Å²) in [7, 11) is 0. The summed E-state index contributed by atoms with van der Waals surface area (Å²) in [6.45, 7) is 2.58. The van der Waals surface area contributed by atoms with Crippen LogP contribution >= 0.6 is 0 Å². The lowest BCUT2D eigenvalue weighted by molar-refractivity contribution is 0.289. The topological polar surface area (TPSA) is 20.2 Å². The van der Waals surface area contributed by atoms with E-state index >= 15 is 0 Å². The number of hydrogen-bond donors (Lipinski definition) is 1. The van der Waals surface area contributed by atoms with Crippen molar-refractivity contribution >= 4 is 0 Å². The van der Waals surface area contributed by atoms with Gasteiger partial charge in [-0.05, 0) is 25.7 Å². The summed E-state index contributed by atoms with van der Waals surface area (Å²) in [5.41, 5.74) is 0. The molecule has 0 rings (SSSR count). The lowest BCUT2D eigenvalue weighted by Gasteiger charge is -2.02. The number of hydrogen-bond acceptors (Lipinski definition) is 1. The molecule has 0 amide bonds. The number of aliphatic hydroxyl groups is 1. The van der Waals surface area contributed by atoms with Crippen LogP contribution in [0.1, 0.15) is 110 Å². The van der Waals surface area contributed by atoms with Gasteiger partial charge in [0.05, 0.1) is 0 Å². The molecule has 1 heteroatoms. The minimum atomic E-state index is 0.299. The van der Waals surface area contributed by atoms with Crippen LogP contribution in [0.3, 0.4) is 0 Å². The van der Waals surface area contributed by atoms with Gasteiger partial charge in [-0.2, -0.15) is 0 Å². The lowest BCUT2D eigenvalue weighted by atomic mass is 10.0. The first kappa shape index (κ1) is 22.4. The van der Waals surface area contributed by atoms with Gasteiger partial charge >= 0.3 is 0 Å². The summed E-state index contributed by atoms with van der Waals surface area (Å²) in [5, 5.41) is 8.66. The molecule has 0 aliphatic rings. The second kappa shape index (κ2) is 21.4. The molecular weight excluding hydrogens is 280 g/mol. The molecule has 23 heavy (non-hydrogen) atoms. The third-order valence-electron chi connectivity index (χ3n) is 4.39. The molecule has 1 N–H and O–H groups in total. The minimum absolute atomic E-state index is 0.299. The SMILES string of the molecule is CCCCCCCCCCCCCCC/C=C/C=C/CCCO. The van der Waals surface area contributed by atoms with Crippen molar-refractivity contribution in [3.63, 3.8) is 0 Å². The van der Waals surface area contributed by atoms with E-state index in [1.165, 1.54) is 89.9 Å². The smallest absolute Gasteiger partial charge is 0.0433 e. The molecule has 0 atom stereocenters. The molecule has 0 unspecified atom stereocenters. The van der Waals surface area contributed by atoms with Crippen molar-refractivity contribution in [3.05, 3.63) is 24.3 Å². The van der Waals surface area contributed by atoms with E-state index in [4.69, 9.17) is 5.11 Å². The van der Waals surface area contributed by atoms with E-state index in [2.05, 4.69) is 31.2 Å². The zero-order valence-electron chi connectivity index (χ0n) is 15.8.